The van der Waals surface area contributed by atoms with E-state index in [-0.39, 0.29) is 37.4 Å². The number of alkyl halides is 1. The zero-order valence-electron chi connectivity index (χ0n) is 31.6. The molecule has 2 heterocycles. The number of likely N-dealkylation sites (N-methyl/N-ethyl adjacent to an activating group) is 3. The van der Waals surface area contributed by atoms with Crippen LogP contribution in [0.5, 0.6) is 11.5 Å². The highest BCUT2D eigenvalue weighted by molar-refractivity contribution is 6.19. The van der Waals surface area contributed by atoms with Gasteiger partial charge in [-0.1, -0.05) is 36.4 Å². The summed E-state index contributed by atoms with van der Waals surface area (Å²) in [4.78, 5) is 61.3. The summed E-state index contributed by atoms with van der Waals surface area (Å²) in [5.41, 5.74) is 4.17. The molecule has 1 atom stereocenters. The lowest BCUT2D eigenvalue weighted by Crippen LogP contribution is -2.38. The number of nitrogens with zero attached hydrogens (tertiary/aromatic N) is 4. The van der Waals surface area contributed by atoms with Gasteiger partial charge in [-0.05, 0) is 67.0 Å². The van der Waals surface area contributed by atoms with Crippen molar-refractivity contribution >= 4 is 68.7 Å². The second-order valence-electron chi connectivity index (χ2n) is 13.8. The van der Waals surface area contributed by atoms with Gasteiger partial charge >= 0.3 is 12.2 Å². The molecule has 0 fully saturated rings. The average molecular weight is 769 g/mol. The molecule has 1 aliphatic heterocycles. The average Bonchev–Trinajstić information content (AvgIpc) is 3.77. The van der Waals surface area contributed by atoms with Gasteiger partial charge in [0.05, 0.1) is 5.69 Å². The molecule has 0 saturated carbocycles. The van der Waals surface area contributed by atoms with Gasteiger partial charge < -0.3 is 44.1 Å². The van der Waals surface area contributed by atoms with Crippen LogP contribution in [0.25, 0.3) is 21.7 Å². The van der Waals surface area contributed by atoms with Crippen molar-refractivity contribution in [3.63, 3.8) is 0 Å². The van der Waals surface area contributed by atoms with Crippen LogP contribution < -0.4 is 19.7 Å². The van der Waals surface area contributed by atoms with E-state index in [0.29, 0.717) is 47.2 Å². The van der Waals surface area contributed by atoms with Gasteiger partial charge in [0.15, 0.2) is 0 Å². The number of amides is 4. The molecule has 13 nitrogen and oxygen atoms in total. The lowest BCUT2D eigenvalue weighted by molar-refractivity contribution is -0.114. The Labute approximate surface area is 324 Å². The van der Waals surface area contributed by atoms with Crippen LogP contribution in [0.1, 0.15) is 34.5 Å². The first-order valence-electron chi connectivity index (χ1n) is 17.9. The maximum absolute atomic E-state index is 14.2. The molecule has 6 rings (SSSR count). The number of aromatic nitrogens is 1. The molecule has 0 spiro atoms. The smallest absolute Gasteiger partial charge is 0.415 e. The van der Waals surface area contributed by atoms with Crippen LogP contribution in [-0.4, -0.2) is 111 Å². The largest absolute Gasteiger partial charge is 0.492 e. The van der Waals surface area contributed by atoms with Crippen LogP contribution in [0.2, 0.25) is 0 Å². The minimum absolute atomic E-state index is 0.0460. The van der Waals surface area contributed by atoms with Gasteiger partial charge in [0.2, 0.25) is 5.91 Å². The number of hydrogen-bond acceptors (Lipinski definition) is 8. The van der Waals surface area contributed by atoms with Crippen LogP contribution in [0.4, 0.5) is 21.0 Å². The third kappa shape index (κ3) is 9.13. The second kappa shape index (κ2) is 17.1. The SMILES string of the molecule is CC(=O)Nc1ccc(COC(=O)N(C)CCN(C)C(=O)Oc2cc3c(c4ccccc24)[C@H](CCl)CN3C(=O)c2cc3cc(OCCN(C)C)ccc3[nH]2)cc1. The van der Waals surface area contributed by atoms with Crippen LogP contribution >= 0.6 is 11.6 Å². The first-order valence-corrected chi connectivity index (χ1v) is 18.5. The van der Waals surface area contributed by atoms with Crippen molar-refractivity contribution in [2.75, 3.05) is 77.1 Å². The quantitative estimate of drug-likeness (QED) is 0.124. The van der Waals surface area contributed by atoms with Gasteiger partial charge in [-0.2, -0.15) is 0 Å². The molecule has 5 aromatic rings. The van der Waals surface area contributed by atoms with E-state index in [9.17, 15) is 19.2 Å². The monoisotopic (exact) mass is 768 g/mol. The molecule has 2 N–H and O–H groups in total. The number of nitrogens with one attached hydrogen (secondary N) is 2. The predicted molar refractivity (Wildman–Crippen MR) is 214 cm³/mol. The first kappa shape index (κ1) is 38.9. The van der Waals surface area contributed by atoms with Gasteiger partial charge in [0, 0.05) is 87.0 Å². The molecule has 0 radical (unpaired) electrons. The molecule has 288 valence electrons. The Balaban J connectivity index is 1.13. The Hall–Kier alpha value is -5.79. The number of halogens is 1. The maximum atomic E-state index is 14.2. The van der Waals surface area contributed by atoms with Gasteiger partial charge in [0.25, 0.3) is 5.91 Å². The summed E-state index contributed by atoms with van der Waals surface area (Å²) in [6.07, 6.45) is -1.19. The summed E-state index contributed by atoms with van der Waals surface area (Å²) >= 11 is 6.51. The second-order valence-corrected chi connectivity index (χ2v) is 14.2. The van der Waals surface area contributed by atoms with Crippen molar-refractivity contribution in [2.24, 2.45) is 0 Å². The molecule has 14 heteroatoms. The summed E-state index contributed by atoms with van der Waals surface area (Å²) in [7, 11) is 7.14. The topological polar surface area (TPSA) is 137 Å². The van der Waals surface area contributed by atoms with Crippen molar-refractivity contribution in [3.05, 3.63) is 95.7 Å². The summed E-state index contributed by atoms with van der Waals surface area (Å²) in [6.45, 7) is 3.51. The lowest BCUT2D eigenvalue weighted by atomic mass is 9.95. The molecule has 0 saturated heterocycles. The summed E-state index contributed by atoms with van der Waals surface area (Å²) in [6, 6.07) is 23.8. The Morgan fingerprint density at radius 2 is 1.58 bits per heavy atom. The first-order chi connectivity index (χ1) is 26.4. The normalized spacial score (nSPS) is 13.5. The minimum Gasteiger partial charge on any atom is -0.492 e. The van der Waals surface area contributed by atoms with Crippen LogP contribution in [0.15, 0.2) is 78.9 Å². The third-order valence-electron chi connectivity index (χ3n) is 9.42. The molecule has 55 heavy (non-hydrogen) atoms. The molecule has 0 aliphatic carbocycles. The standard InChI is InChI=1S/C41H45ClN6O7/c1-26(49)43-30-12-10-27(11-13-30)25-54-40(51)46(4)16-17-47(5)41(52)55-37-22-36-38(33-9-7-6-8-32(33)37)29(23-42)24-48(36)39(50)35-21-28-20-31(14-15-34(28)44-35)53-19-18-45(2)3/h6-15,20-22,29,44H,16-19,23-25H2,1-5H3,(H,43,49)/t29-/m1/s1. The lowest BCUT2D eigenvalue weighted by Gasteiger charge is -2.23. The Bertz CT molecular complexity index is 2210. The van der Waals surface area contributed by atoms with Crippen LogP contribution in [-0.2, 0) is 16.1 Å². The molecule has 4 aromatic carbocycles. The number of aromatic amines is 1. The highest BCUT2D eigenvalue weighted by Gasteiger charge is 2.36. The van der Waals surface area contributed by atoms with Crippen molar-refractivity contribution in [2.45, 2.75) is 19.4 Å². The van der Waals surface area contributed by atoms with E-state index in [1.54, 1.807) is 49.3 Å². The summed E-state index contributed by atoms with van der Waals surface area (Å²) in [5.74, 6) is 0.766. The number of fused-ring (bicyclic) bond motifs is 4. The van der Waals surface area contributed by atoms with Crippen molar-refractivity contribution in [1.82, 2.24) is 19.7 Å². The van der Waals surface area contributed by atoms with E-state index in [1.807, 2.05) is 67.5 Å². The molecule has 4 amide bonds. The van der Waals surface area contributed by atoms with E-state index in [0.717, 1.165) is 39.7 Å². The van der Waals surface area contributed by atoms with E-state index in [1.165, 1.54) is 16.7 Å². The Morgan fingerprint density at radius 1 is 0.873 bits per heavy atom. The third-order valence-corrected chi connectivity index (χ3v) is 9.79. The molecular weight excluding hydrogens is 724 g/mol. The number of carbonyl (C=O) groups excluding carboxylic acids is 4. The molecule has 0 bridgehead atoms. The van der Waals surface area contributed by atoms with E-state index in [4.69, 9.17) is 25.8 Å². The molecule has 1 aliphatic rings. The summed E-state index contributed by atoms with van der Waals surface area (Å²) < 4.78 is 17.3. The zero-order chi connectivity index (χ0) is 39.2. The van der Waals surface area contributed by atoms with Crippen LogP contribution in [0, 0.1) is 0 Å². The van der Waals surface area contributed by atoms with Gasteiger partial charge in [0.1, 0.15) is 30.4 Å². The number of ether oxygens (including phenoxy) is 3. The number of H-pyrrole nitrogens is 1. The number of carbonyl (C=O) groups is 4. The Kier molecular flexibility index (Phi) is 12.1. The predicted octanol–water partition coefficient (Wildman–Crippen LogP) is 6.90. The molecular formula is C41H45ClN6O7. The van der Waals surface area contributed by atoms with Gasteiger partial charge in [-0.25, -0.2) is 9.59 Å². The molecule has 0 unspecified atom stereocenters. The van der Waals surface area contributed by atoms with Gasteiger partial charge in [-0.15, -0.1) is 11.6 Å². The highest BCUT2D eigenvalue weighted by Crippen LogP contribution is 2.46. The fourth-order valence-corrected chi connectivity index (χ4v) is 6.67. The zero-order valence-corrected chi connectivity index (χ0v) is 32.3. The van der Waals surface area contributed by atoms with Crippen molar-refractivity contribution in [3.8, 4) is 11.5 Å². The number of rotatable bonds is 13. The van der Waals surface area contributed by atoms with Crippen molar-refractivity contribution < 1.29 is 33.4 Å². The van der Waals surface area contributed by atoms with Crippen LogP contribution in [0.3, 0.4) is 0 Å². The molecule has 1 aromatic heterocycles. The Morgan fingerprint density at radius 3 is 2.27 bits per heavy atom. The summed E-state index contributed by atoms with van der Waals surface area (Å²) in [5, 5.41) is 5.10. The van der Waals surface area contributed by atoms with Crippen molar-refractivity contribution in [1.29, 1.82) is 0 Å². The highest BCUT2D eigenvalue weighted by atomic mass is 35.5. The fraction of sp³-hybridized carbons (Fsp3) is 0.317. The van der Waals surface area contributed by atoms with Gasteiger partial charge in [-0.3, -0.25) is 9.59 Å². The van der Waals surface area contributed by atoms with E-state index < -0.39 is 12.2 Å². The fourth-order valence-electron chi connectivity index (χ4n) is 6.42. The number of anilines is 2. The number of hydrogen-bond donors (Lipinski definition) is 2. The number of benzene rings is 4. The van der Waals surface area contributed by atoms with E-state index >= 15 is 0 Å². The van der Waals surface area contributed by atoms with E-state index in [2.05, 4.69) is 10.3 Å². The minimum atomic E-state index is -0.630. The maximum Gasteiger partial charge on any atom is 0.415 e.